The summed E-state index contributed by atoms with van der Waals surface area (Å²) in [6.07, 6.45) is 2.95. The van der Waals surface area contributed by atoms with E-state index in [-0.39, 0.29) is 17.5 Å². The number of rotatable bonds is 0. The zero-order chi connectivity index (χ0) is 12.5. The van der Waals surface area contributed by atoms with Crippen molar-refractivity contribution in [2.75, 3.05) is 37.7 Å². The van der Waals surface area contributed by atoms with Crippen molar-refractivity contribution in [3.8, 4) is 0 Å². The first-order chi connectivity index (χ1) is 7.98. The Hall–Kier alpha value is -0.310. The molecule has 1 saturated heterocycles. The smallest absolute Gasteiger partial charge is 0.320 e. The van der Waals surface area contributed by atoms with Gasteiger partial charge in [0.2, 0.25) is 0 Å². The molecule has 0 bridgehead atoms. The van der Waals surface area contributed by atoms with Gasteiger partial charge < -0.3 is 9.80 Å². The molecule has 2 heterocycles. The number of urea groups is 1. The normalized spacial score (nSPS) is 24.4. The van der Waals surface area contributed by atoms with Crippen LogP contribution in [-0.4, -0.2) is 61.9 Å². The number of carbonyl (C=O) groups excluding carboxylic acids is 1. The van der Waals surface area contributed by atoms with Gasteiger partial charge >= 0.3 is 6.03 Å². The predicted molar refractivity (Wildman–Crippen MR) is 73.9 cm³/mol. The summed E-state index contributed by atoms with van der Waals surface area (Å²) >= 11 is 2.28. The maximum absolute atomic E-state index is 12.1. The lowest BCUT2D eigenvalue weighted by Crippen LogP contribution is -2.50. The number of hydrogen-bond donors (Lipinski definition) is 0. The Morgan fingerprint density at radius 1 is 1.18 bits per heavy atom. The molecule has 2 aliphatic rings. The van der Waals surface area contributed by atoms with Crippen molar-refractivity contribution >= 4 is 38.5 Å². The van der Waals surface area contributed by atoms with Crippen LogP contribution < -0.4 is 0 Å². The van der Waals surface area contributed by atoms with Crippen LogP contribution in [0.3, 0.4) is 0 Å². The van der Waals surface area contributed by atoms with E-state index in [2.05, 4.69) is 22.6 Å². The maximum atomic E-state index is 12.1. The van der Waals surface area contributed by atoms with Gasteiger partial charge in [0.05, 0.1) is 11.5 Å². The van der Waals surface area contributed by atoms with Crippen molar-refractivity contribution < 1.29 is 13.2 Å². The van der Waals surface area contributed by atoms with Crippen molar-refractivity contribution in [2.24, 2.45) is 0 Å². The summed E-state index contributed by atoms with van der Waals surface area (Å²) in [5, 5.41) is 0. The van der Waals surface area contributed by atoms with Crippen LogP contribution in [0, 0.1) is 0 Å². The summed E-state index contributed by atoms with van der Waals surface area (Å²) in [6, 6.07) is -0.0277. The Bertz CT molecular complexity index is 432. The highest BCUT2D eigenvalue weighted by Crippen LogP contribution is 2.18. The molecular formula is C10H15IN2O3S. The summed E-state index contributed by atoms with van der Waals surface area (Å²) in [5.41, 5.74) is 0. The molecule has 0 aromatic rings. The Balaban J connectivity index is 1.93. The van der Waals surface area contributed by atoms with Gasteiger partial charge in [0.15, 0.2) is 9.84 Å². The average molecular weight is 370 g/mol. The monoisotopic (exact) mass is 370 g/mol. The summed E-state index contributed by atoms with van der Waals surface area (Å²) in [5.74, 6) is 0.194. The predicted octanol–water partition coefficient (Wildman–Crippen LogP) is 0.861. The van der Waals surface area contributed by atoms with Crippen LogP contribution >= 0.6 is 22.6 Å². The van der Waals surface area contributed by atoms with Gasteiger partial charge in [-0.1, -0.05) is 6.08 Å². The molecule has 0 aromatic heterocycles. The van der Waals surface area contributed by atoms with Crippen molar-refractivity contribution in [1.29, 1.82) is 0 Å². The quantitative estimate of drug-likeness (QED) is 0.595. The van der Waals surface area contributed by atoms with Gasteiger partial charge in [0.25, 0.3) is 0 Å². The number of carbonyl (C=O) groups is 1. The van der Waals surface area contributed by atoms with Crippen LogP contribution in [-0.2, 0) is 9.84 Å². The molecule has 1 fully saturated rings. The van der Waals surface area contributed by atoms with E-state index in [1.807, 2.05) is 6.08 Å². The van der Waals surface area contributed by atoms with E-state index in [0.717, 1.165) is 13.0 Å². The number of nitrogens with zero attached hydrogens (tertiary/aromatic N) is 2. The summed E-state index contributed by atoms with van der Waals surface area (Å²) < 4.78 is 23.8. The first-order valence-electron chi connectivity index (χ1n) is 5.57. The van der Waals surface area contributed by atoms with Crippen LogP contribution in [0.4, 0.5) is 4.79 Å². The molecule has 0 saturated carbocycles. The third-order valence-electron chi connectivity index (χ3n) is 3.04. The third kappa shape index (κ3) is 3.34. The second-order valence-corrected chi connectivity index (χ2v) is 7.96. The summed E-state index contributed by atoms with van der Waals surface area (Å²) in [4.78, 5) is 15.5. The molecule has 96 valence electrons. The second-order valence-electron chi connectivity index (χ2n) is 4.27. The van der Waals surface area contributed by atoms with Gasteiger partial charge in [-0.2, -0.15) is 0 Å². The SMILES string of the molecule is O=C(N1CC=C(I)CC1)N1CCS(=O)(=O)CC1. The lowest BCUT2D eigenvalue weighted by atomic mass is 10.2. The number of halogens is 1. The molecule has 2 aliphatic heterocycles. The molecule has 0 radical (unpaired) electrons. The Morgan fingerprint density at radius 3 is 2.35 bits per heavy atom. The topological polar surface area (TPSA) is 57.7 Å². The highest BCUT2D eigenvalue weighted by molar-refractivity contribution is 14.1. The van der Waals surface area contributed by atoms with Crippen LogP contribution in [0.25, 0.3) is 0 Å². The maximum Gasteiger partial charge on any atom is 0.320 e. The lowest BCUT2D eigenvalue weighted by molar-refractivity contribution is 0.160. The molecule has 2 rings (SSSR count). The molecule has 2 amide bonds. The van der Waals surface area contributed by atoms with Crippen LogP contribution in [0.5, 0.6) is 0 Å². The van der Waals surface area contributed by atoms with Crippen LogP contribution in [0.1, 0.15) is 6.42 Å². The molecular weight excluding hydrogens is 355 g/mol. The fraction of sp³-hybridized carbons (Fsp3) is 0.700. The van der Waals surface area contributed by atoms with Gasteiger partial charge in [-0.3, -0.25) is 0 Å². The lowest BCUT2D eigenvalue weighted by Gasteiger charge is -2.33. The van der Waals surface area contributed by atoms with E-state index >= 15 is 0 Å². The Kier molecular flexibility index (Phi) is 3.96. The Morgan fingerprint density at radius 2 is 1.82 bits per heavy atom. The molecule has 0 N–H and O–H groups in total. The number of sulfone groups is 1. The zero-order valence-corrected chi connectivity index (χ0v) is 12.4. The Labute approximate surface area is 115 Å². The summed E-state index contributed by atoms with van der Waals surface area (Å²) in [6.45, 7) is 2.04. The standard InChI is InChI=1S/C10H15IN2O3S/c11-9-1-3-12(4-2-9)10(14)13-5-7-17(15,16)8-6-13/h1H,2-8H2. The van der Waals surface area contributed by atoms with Gasteiger partial charge in [-0.15, -0.1) is 0 Å². The van der Waals surface area contributed by atoms with Gasteiger partial charge in [-0.25, -0.2) is 13.2 Å². The number of hydrogen-bond acceptors (Lipinski definition) is 3. The second kappa shape index (κ2) is 5.13. The first-order valence-corrected chi connectivity index (χ1v) is 8.47. The molecule has 0 aliphatic carbocycles. The first kappa shape index (κ1) is 13.1. The molecule has 17 heavy (non-hydrogen) atoms. The minimum Gasteiger partial charge on any atom is -0.323 e. The zero-order valence-electron chi connectivity index (χ0n) is 9.43. The molecule has 0 spiro atoms. The minimum absolute atomic E-state index is 0.0277. The third-order valence-corrected chi connectivity index (χ3v) is 5.63. The molecule has 5 nitrogen and oxygen atoms in total. The number of amides is 2. The fourth-order valence-corrected chi connectivity index (χ4v) is 3.56. The van der Waals surface area contributed by atoms with Crippen molar-refractivity contribution in [3.05, 3.63) is 9.66 Å². The molecule has 0 unspecified atom stereocenters. The van der Waals surface area contributed by atoms with Crippen molar-refractivity contribution in [3.63, 3.8) is 0 Å². The van der Waals surface area contributed by atoms with E-state index in [0.29, 0.717) is 19.6 Å². The van der Waals surface area contributed by atoms with Crippen LogP contribution in [0.15, 0.2) is 9.66 Å². The molecule has 7 heteroatoms. The molecule has 0 aromatic carbocycles. The van der Waals surface area contributed by atoms with Gasteiger partial charge in [0, 0.05) is 26.2 Å². The van der Waals surface area contributed by atoms with Crippen molar-refractivity contribution in [1.82, 2.24) is 9.80 Å². The largest absolute Gasteiger partial charge is 0.323 e. The van der Waals surface area contributed by atoms with Crippen molar-refractivity contribution in [2.45, 2.75) is 6.42 Å². The van der Waals surface area contributed by atoms with E-state index in [1.54, 1.807) is 9.80 Å². The molecule has 0 atom stereocenters. The van der Waals surface area contributed by atoms with E-state index in [1.165, 1.54) is 3.58 Å². The average Bonchev–Trinajstić information content (AvgIpc) is 2.29. The van der Waals surface area contributed by atoms with E-state index < -0.39 is 9.84 Å². The fourth-order valence-electron chi connectivity index (χ4n) is 1.92. The summed E-state index contributed by atoms with van der Waals surface area (Å²) in [7, 11) is -2.91. The highest BCUT2D eigenvalue weighted by Gasteiger charge is 2.28. The van der Waals surface area contributed by atoms with Gasteiger partial charge in [-0.05, 0) is 32.6 Å². The van der Waals surface area contributed by atoms with E-state index in [4.69, 9.17) is 0 Å². The van der Waals surface area contributed by atoms with Crippen LogP contribution in [0.2, 0.25) is 0 Å². The van der Waals surface area contributed by atoms with Gasteiger partial charge in [0.1, 0.15) is 0 Å². The highest BCUT2D eigenvalue weighted by atomic mass is 127. The van der Waals surface area contributed by atoms with E-state index in [9.17, 15) is 13.2 Å². The minimum atomic E-state index is -2.91.